The molecule has 0 bridgehead atoms. The monoisotopic (exact) mass is 266 g/mol. The summed E-state index contributed by atoms with van der Waals surface area (Å²) in [5, 5.41) is 10.2. The molecule has 0 spiro atoms. The predicted octanol–water partition coefficient (Wildman–Crippen LogP) is 2.57. The number of imidazole rings is 1. The number of hydrogen-bond acceptors (Lipinski definition) is 3. The SMILES string of the molecule is CCCCCC(O)S(=O)c1nc2ccccc2[nH]1. The summed E-state index contributed by atoms with van der Waals surface area (Å²) in [5.41, 5.74) is 0.792. The molecule has 0 fully saturated rings. The molecule has 0 aliphatic heterocycles. The molecule has 1 heterocycles. The van der Waals surface area contributed by atoms with Gasteiger partial charge in [-0.25, -0.2) is 9.19 Å². The second-order valence-electron chi connectivity index (χ2n) is 4.31. The van der Waals surface area contributed by atoms with Crippen LogP contribution in [0.5, 0.6) is 0 Å². The average Bonchev–Trinajstić information content (AvgIpc) is 2.81. The van der Waals surface area contributed by atoms with Crippen molar-refractivity contribution in [2.24, 2.45) is 0 Å². The van der Waals surface area contributed by atoms with Gasteiger partial charge in [-0.05, 0) is 25.0 Å². The van der Waals surface area contributed by atoms with Gasteiger partial charge in [0.2, 0.25) is 0 Å². The van der Waals surface area contributed by atoms with Crippen molar-refractivity contribution in [3.63, 3.8) is 0 Å². The van der Waals surface area contributed by atoms with E-state index < -0.39 is 16.2 Å². The molecule has 0 aliphatic rings. The van der Waals surface area contributed by atoms with Gasteiger partial charge in [-0.2, -0.15) is 0 Å². The maximum absolute atomic E-state index is 12.1. The third-order valence-electron chi connectivity index (χ3n) is 2.86. The van der Waals surface area contributed by atoms with Crippen molar-refractivity contribution in [2.75, 3.05) is 0 Å². The van der Waals surface area contributed by atoms with Crippen molar-refractivity contribution >= 4 is 21.8 Å². The zero-order valence-electron chi connectivity index (χ0n) is 10.4. The van der Waals surface area contributed by atoms with E-state index in [1.165, 1.54) is 0 Å². The van der Waals surface area contributed by atoms with Crippen molar-refractivity contribution < 1.29 is 9.32 Å². The number of nitrogens with one attached hydrogen (secondary N) is 1. The fourth-order valence-corrected chi connectivity index (χ4v) is 2.87. The molecule has 0 amide bonds. The Hall–Kier alpha value is -1.20. The van der Waals surface area contributed by atoms with Crippen LogP contribution in [0.15, 0.2) is 29.4 Å². The van der Waals surface area contributed by atoms with Gasteiger partial charge in [0.25, 0.3) is 0 Å². The number of benzene rings is 1. The highest BCUT2D eigenvalue weighted by Gasteiger charge is 2.18. The van der Waals surface area contributed by atoms with E-state index in [9.17, 15) is 9.32 Å². The highest BCUT2D eigenvalue weighted by atomic mass is 32.2. The first kappa shape index (κ1) is 13.2. The Kier molecular flexibility index (Phi) is 4.49. The first-order chi connectivity index (χ1) is 8.72. The van der Waals surface area contributed by atoms with Gasteiger partial charge in [0.15, 0.2) is 5.16 Å². The molecule has 2 atom stereocenters. The Bertz CT molecular complexity index is 506. The number of hydrogen-bond donors (Lipinski definition) is 2. The molecule has 2 N–H and O–H groups in total. The molecule has 5 heteroatoms. The molecule has 0 saturated heterocycles. The Balaban J connectivity index is 2.08. The molecule has 1 aromatic carbocycles. The molecule has 0 aliphatic carbocycles. The molecule has 1 aromatic heterocycles. The number of nitrogens with zero attached hydrogens (tertiary/aromatic N) is 1. The zero-order valence-corrected chi connectivity index (χ0v) is 11.2. The minimum Gasteiger partial charge on any atom is -0.379 e. The predicted molar refractivity (Wildman–Crippen MR) is 72.7 cm³/mol. The van der Waals surface area contributed by atoms with E-state index in [-0.39, 0.29) is 0 Å². The molecule has 4 nitrogen and oxygen atoms in total. The summed E-state index contributed by atoms with van der Waals surface area (Å²) in [6, 6.07) is 7.51. The van der Waals surface area contributed by atoms with Crippen LogP contribution >= 0.6 is 0 Å². The van der Waals surface area contributed by atoms with Crippen LogP contribution in [-0.4, -0.2) is 24.7 Å². The molecular weight excluding hydrogens is 248 g/mol. The van der Waals surface area contributed by atoms with Gasteiger partial charge in [-0.3, -0.25) is 0 Å². The first-order valence-electron chi connectivity index (χ1n) is 6.25. The third-order valence-corrected chi connectivity index (χ3v) is 4.16. The topological polar surface area (TPSA) is 66.0 Å². The fraction of sp³-hybridized carbons (Fsp3) is 0.462. The first-order valence-corrected chi connectivity index (χ1v) is 7.47. The lowest BCUT2D eigenvalue weighted by molar-refractivity contribution is 0.240. The fourth-order valence-electron chi connectivity index (χ4n) is 1.83. The maximum atomic E-state index is 12.1. The number of rotatable bonds is 6. The lowest BCUT2D eigenvalue weighted by atomic mass is 10.2. The second-order valence-corrected chi connectivity index (χ2v) is 5.83. The minimum atomic E-state index is -1.48. The summed E-state index contributed by atoms with van der Waals surface area (Å²) < 4.78 is 12.1. The molecule has 2 aromatic rings. The van der Waals surface area contributed by atoms with E-state index in [0.717, 1.165) is 30.3 Å². The lowest BCUT2D eigenvalue weighted by Crippen LogP contribution is -2.15. The standard InChI is InChI=1S/C13H18N2O2S/c1-2-3-4-9-12(16)18(17)13-14-10-7-5-6-8-11(10)15-13/h5-8,12,16H,2-4,9H2,1H3,(H,14,15). The molecule has 0 radical (unpaired) electrons. The van der Waals surface area contributed by atoms with Crippen molar-refractivity contribution in [3.05, 3.63) is 24.3 Å². The average molecular weight is 266 g/mol. The van der Waals surface area contributed by atoms with Crippen LogP contribution in [0.2, 0.25) is 0 Å². The number of aromatic nitrogens is 2. The number of fused-ring (bicyclic) bond motifs is 1. The van der Waals surface area contributed by atoms with Crippen LogP contribution in [-0.2, 0) is 10.8 Å². The van der Waals surface area contributed by atoms with Crippen molar-refractivity contribution in [2.45, 2.75) is 43.2 Å². The Labute approximate surface area is 109 Å². The van der Waals surface area contributed by atoms with Crippen LogP contribution in [0.1, 0.15) is 32.6 Å². The van der Waals surface area contributed by atoms with Crippen LogP contribution in [0.4, 0.5) is 0 Å². The summed E-state index contributed by atoms with van der Waals surface area (Å²) in [6.07, 6.45) is 3.58. The quantitative estimate of drug-likeness (QED) is 0.790. The van der Waals surface area contributed by atoms with Gasteiger partial charge in [-0.15, -0.1) is 0 Å². The Morgan fingerprint density at radius 1 is 1.39 bits per heavy atom. The minimum absolute atomic E-state index is 0.361. The van der Waals surface area contributed by atoms with E-state index in [1.807, 2.05) is 24.3 Å². The molecule has 2 unspecified atom stereocenters. The number of H-pyrrole nitrogens is 1. The van der Waals surface area contributed by atoms with E-state index in [2.05, 4.69) is 16.9 Å². The van der Waals surface area contributed by atoms with Gasteiger partial charge in [0.05, 0.1) is 11.0 Å². The smallest absolute Gasteiger partial charge is 0.200 e. The molecule has 0 saturated carbocycles. The summed E-state index contributed by atoms with van der Waals surface area (Å²) in [4.78, 5) is 7.24. The number of para-hydroxylation sites is 2. The van der Waals surface area contributed by atoms with Gasteiger partial charge in [-0.1, -0.05) is 31.9 Å². The highest BCUT2D eigenvalue weighted by molar-refractivity contribution is 7.85. The van der Waals surface area contributed by atoms with Crippen molar-refractivity contribution in [3.8, 4) is 0 Å². The normalized spacial score (nSPS) is 14.8. The summed E-state index contributed by atoms with van der Waals surface area (Å²) in [5.74, 6) is 0. The molecule has 2 rings (SSSR count). The van der Waals surface area contributed by atoms with E-state index in [4.69, 9.17) is 0 Å². The summed E-state index contributed by atoms with van der Waals surface area (Å²) in [7, 11) is -1.48. The Morgan fingerprint density at radius 3 is 2.89 bits per heavy atom. The van der Waals surface area contributed by atoms with Gasteiger partial charge in [0.1, 0.15) is 16.2 Å². The number of aromatic amines is 1. The maximum Gasteiger partial charge on any atom is 0.200 e. The zero-order chi connectivity index (χ0) is 13.0. The van der Waals surface area contributed by atoms with Crippen LogP contribution < -0.4 is 0 Å². The number of unbranched alkanes of at least 4 members (excludes halogenated alkanes) is 2. The largest absolute Gasteiger partial charge is 0.379 e. The molecule has 18 heavy (non-hydrogen) atoms. The van der Waals surface area contributed by atoms with E-state index in [0.29, 0.717) is 11.6 Å². The van der Waals surface area contributed by atoms with E-state index in [1.54, 1.807) is 0 Å². The van der Waals surface area contributed by atoms with Gasteiger partial charge < -0.3 is 10.1 Å². The van der Waals surface area contributed by atoms with Crippen molar-refractivity contribution in [1.29, 1.82) is 0 Å². The number of aliphatic hydroxyl groups is 1. The lowest BCUT2D eigenvalue weighted by Gasteiger charge is -2.07. The van der Waals surface area contributed by atoms with Gasteiger partial charge in [0, 0.05) is 0 Å². The number of aliphatic hydroxyl groups excluding tert-OH is 1. The summed E-state index contributed by atoms with van der Waals surface area (Å²) >= 11 is 0. The van der Waals surface area contributed by atoms with Crippen LogP contribution in [0.3, 0.4) is 0 Å². The van der Waals surface area contributed by atoms with Crippen LogP contribution in [0, 0.1) is 0 Å². The van der Waals surface area contributed by atoms with Crippen LogP contribution in [0.25, 0.3) is 11.0 Å². The molecular formula is C13H18N2O2S. The molecule has 98 valence electrons. The van der Waals surface area contributed by atoms with E-state index >= 15 is 0 Å². The highest BCUT2D eigenvalue weighted by Crippen LogP contribution is 2.16. The van der Waals surface area contributed by atoms with Gasteiger partial charge >= 0.3 is 0 Å². The second kappa shape index (κ2) is 6.11. The Morgan fingerprint density at radius 2 is 2.17 bits per heavy atom. The third kappa shape index (κ3) is 2.97. The van der Waals surface area contributed by atoms with Crippen molar-refractivity contribution in [1.82, 2.24) is 9.97 Å². The summed E-state index contributed by atoms with van der Waals surface area (Å²) in [6.45, 7) is 2.10.